The van der Waals surface area contributed by atoms with Crippen LogP contribution in [0.4, 0.5) is 10.5 Å². The molecule has 1 aromatic carbocycles. The van der Waals surface area contributed by atoms with Gasteiger partial charge in [0.25, 0.3) is 5.91 Å². The first-order valence-corrected chi connectivity index (χ1v) is 4.50. The van der Waals surface area contributed by atoms with Gasteiger partial charge in [-0.3, -0.25) is 4.79 Å². The molecule has 1 aliphatic rings. The fraction of sp³-hybridized carbons (Fsp3) is 0.200. The number of carbonyl (C=O) groups is 2. The predicted molar refractivity (Wildman–Crippen MR) is 53.7 cm³/mol. The van der Waals surface area contributed by atoms with Gasteiger partial charge in [0.2, 0.25) is 0 Å². The number of urea groups is 1. The summed E-state index contributed by atoms with van der Waals surface area (Å²) in [5.74, 6) is -0.143. The minimum absolute atomic E-state index is 0.0265. The summed E-state index contributed by atoms with van der Waals surface area (Å²) in [6.07, 6.45) is 0. The number of hydrogen-bond acceptors (Lipinski definition) is 3. The summed E-state index contributed by atoms with van der Waals surface area (Å²) in [7, 11) is 0. The Labute approximate surface area is 86.3 Å². The second-order valence-electron chi connectivity index (χ2n) is 3.36. The number of amides is 3. The lowest BCUT2D eigenvalue weighted by Gasteiger charge is -2.13. The molecule has 0 atom stereocenters. The van der Waals surface area contributed by atoms with Crippen molar-refractivity contribution in [2.24, 2.45) is 0 Å². The summed E-state index contributed by atoms with van der Waals surface area (Å²) in [6.45, 7) is 1.73. The molecule has 0 unspecified atom stereocenters. The number of aryl methyl sites for hydroxylation is 1. The normalized spacial score (nSPS) is 15.7. The Bertz CT molecular complexity index is 426. The maximum absolute atomic E-state index is 11.4. The number of phenolic OH excluding ortho intramolecular Hbond substituents is 1. The Balaban J connectivity index is 2.41. The zero-order valence-corrected chi connectivity index (χ0v) is 8.15. The molecule has 1 aliphatic heterocycles. The molecule has 2 N–H and O–H groups in total. The smallest absolute Gasteiger partial charge is 0.329 e. The summed E-state index contributed by atoms with van der Waals surface area (Å²) in [5.41, 5.74) is 1.10. The van der Waals surface area contributed by atoms with Crippen molar-refractivity contribution in [3.8, 4) is 5.75 Å². The van der Waals surface area contributed by atoms with Crippen molar-refractivity contribution in [1.82, 2.24) is 5.32 Å². The Morgan fingerprint density at radius 1 is 1.40 bits per heavy atom. The Hall–Kier alpha value is -2.04. The van der Waals surface area contributed by atoms with Gasteiger partial charge in [-0.1, -0.05) is 0 Å². The van der Waals surface area contributed by atoms with Crippen molar-refractivity contribution in [2.45, 2.75) is 6.92 Å². The first kappa shape index (κ1) is 9.51. The molecule has 0 spiro atoms. The van der Waals surface area contributed by atoms with Gasteiger partial charge in [0.15, 0.2) is 0 Å². The molecule has 1 saturated heterocycles. The highest BCUT2D eigenvalue weighted by atomic mass is 16.3. The molecule has 1 fully saturated rings. The second kappa shape index (κ2) is 3.27. The molecule has 15 heavy (non-hydrogen) atoms. The standard InChI is InChI=1S/C10H10N2O3/c1-6-4-7(2-3-8(6)13)12-9(14)5-11-10(12)15/h2-4,13H,5H2,1H3,(H,11,15). The van der Waals surface area contributed by atoms with Gasteiger partial charge in [-0.15, -0.1) is 0 Å². The van der Waals surface area contributed by atoms with Gasteiger partial charge in [0, 0.05) is 0 Å². The van der Waals surface area contributed by atoms with Crippen molar-refractivity contribution < 1.29 is 14.7 Å². The summed E-state index contributed by atoms with van der Waals surface area (Å²) < 4.78 is 0. The molecule has 0 bridgehead atoms. The molecular weight excluding hydrogens is 196 g/mol. The van der Waals surface area contributed by atoms with E-state index in [0.717, 1.165) is 4.90 Å². The number of phenols is 1. The van der Waals surface area contributed by atoms with E-state index >= 15 is 0 Å². The highest BCUT2D eigenvalue weighted by Crippen LogP contribution is 2.24. The molecule has 5 nitrogen and oxygen atoms in total. The number of imide groups is 1. The third kappa shape index (κ3) is 1.52. The number of benzene rings is 1. The first-order valence-electron chi connectivity index (χ1n) is 4.50. The van der Waals surface area contributed by atoms with Crippen LogP contribution in [0.5, 0.6) is 5.75 Å². The monoisotopic (exact) mass is 206 g/mol. The average Bonchev–Trinajstić information content (AvgIpc) is 2.52. The van der Waals surface area contributed by atoms with Crippen LogP contribution < -0.4 is 10.2 Å². The minimum atomic E-state index is -0.426. The molecule has 2 rings (SSSR count). The van der Waals surface area contributed by atoms with E-state index in [4.69, 9.17) is 0 Å². The Morgan fingerprint density at radius 3 is 2.67 bits per heavy atom. The predicted octanol–water partition coefficient (Wildman–Crippen LogP) is 0.757. The summed E-state index contributed by atoms with van der Waals surface area (Å²) in [4.78, 5) is 23.7. The van der Waals surface area contributed by atoms with E-state index in [1.807, 2.05) is 0 Å². The fourth-order valence-electron chi connectivity index (χ4n) is 1.46. The van der Waals surface area contributed by atoms with Crippen molar-refractivity contribution in [3.05, 3.63) is 23.8 Å². The lowest BCUT2D eigenvalue weighted by Crippen LogP contribution is -2.30. The number of aromatic hydroxyl groups is 1. The molecular formula is C10H10N2O3. The third-order valence-electron chi connectivity index (χ3n) is 2.28. The number of nitrogens with one attached hydrogen (secondary N) is 1. The quantitative estimate of drug-likeness (QED) is 0.666. The zero-order chi connectivity index (χ0) is 11.0. The molecule has 0 saturated carbocycles. The van der Waals surface area contributed by atoms with Crippen LogP contribution in [0.1, 0.15) is 5.56 Å². The number of rotatable bonds is 1. The van der Waals surface area contributed by atoms with Gasteiger partial charge in [0.05, 0.1) is 12.2 Å². The highest BCUT2D eigenvalue weighted by Gasteiger charge is 2.29. The lowest BCUT2D eigenvalue weighted by atomic mass is 10.2. The first-order chi connectivity index (χ1) is 7.09. The van der Waals surface area contributed by atoms with Gasteiger partial charge >= 0.3 is 6.03 Å². The van der Waals surface area contributed by atoms with Gasteiger partial charge in [0.1, 0.15) is 5.75 Å². The van der Waals surface area contributed by atoms with Gasteiger partial charge < -0.3 is 10.4 Å². The van der Waals surface area contributed by atoms with Gasteiger partial charge in [-0.2, -0.15) is 0 Å². The molecule has 3 amide bonds. The number of nitrogens with zero attached hydrogens (tertiary/aromatic N) is 1. The van der Waals surface area contributed by atoms with Crippen LogP contribution in [0.2, 0.25) is 0 Å². The van der Waals surface area contributed by atoms with Crippen LogP contribution in [0.3, 0.4) is 0 Å². The van der Waals surface area contributed by atoms with Crippen LogP contribution in [-0.4, -0.2) is 23.6 Å². The molecule has 0 aromatic heterocycles. The van der Waals surface area contributed by atoms with Crippen LogP contribution in [0.25, 0.3) is 0 Å². The summed E-state index contributed by atoms with van der Waals surface area (Å²) >= 11 is 0. The van der Waals surface area contributed by atoms with Crippen molar-refractivity contribution in [3.63, 3.8) is 0 Å². The van der Waals surface area contributed by atoms with E-state index in [-0.39, 0.29) is 18.2 Å². The third-order valence-corrected chi connectivity index (χ3v) is 2.28. The van der Waals surface area contributed by atoms with E-state index in [9.17, 15) is 14.7 Å². The van der Waals surface area contributed by atoms with Gasteiger partial charge in [-0.25, -0.2) is 9.69 Å². The van der Waals surface area contributed by atoms with Gasteiger partial charge in [-0.05, 0) is 30.7 Å². The van der Waals surface area contributed by atoms with Crippen LogP contribution in [0.15, 0.2) is 18.2 Å². The second-order valence-corrected chi connectivity index (χ2v) is 3.36. The van der Waals surface area contributed by atoms with Crippen molar-refractivity contribution in [2.75, 3.05) is 11.4 Å². The summed E-state index contributed by atoms with van der Waals surface area (Å²) in [5, 5.41) is 11.7. The van der Waals surface area contributed by atoms with Crippen LogP contribution in [-0.2, 0) is 4.79 Å². The van der Waals surface area contributed by atoms with E-state index in [1.165, 1.54) is 12.1 Å². The maximum Gasteiger partial charge on any atom is 0.329 e. The van der Waals surface area contributed by atoms with E-state index in [0.29, 0.717) is 11.3 Å². The van der Waals surface area contributed by atoms with E-state index < -0.39 is 6.03 Å². The van der Waals surface area contributed by atoms with Crippen LogP contribution >= 0.6 is 0 Å². The molecule has 0 aliphatic carbocycles. The molecule has 5 heteroatoms. The van der Waals surface area contributed by atoms with E-state index in [2.05, 4.69) is 5.32 Å². The SMILES string of the molecule is Cc1cc(N2C(=O)CNC2=O)ccc1O. The molecule has 1 heterocycles. The fourth-order valence-corrected chi connectivity index (χ4v) is 1.46. The number of anilines is 1. The largest absolute Gasteiger partial charge is 0.508 e. The highest BCUT2D eigenvalue weighted by molar-refractivity contribution is 6.19. The topological polar surface area (TPSA) is 69.6 Å². The Kier molecular flexibility index (Phi) is 2.07. The minimum Gasteiger partial charge on any atom is -0.508 e. The Morgan fingerprint density at radius 2 is 2.13 bits per heavy atom. The van der Waals surface area contributed by atoms with E-state index in [1.54, 1.807) is 13.0 Å². The molecule has 1 aromatic rings. The van der Waals surface area contributed by atoms with Crippen molar-refractivity contribution in [1.29, 1.82) is 0 Å². The lowest BCUT2D eigenvalue weighted by molar-refractivity contribution is -0.115. The molecule has 78 valence electrons. The molecule has 0 radical (unpaired) electrons. The van der Waals surface area contributed by atoms with Crippen LogP contribution in [0, 0.1) is 6.92 Å². The maximum atomic E-state index is 11.4. The van der Waals surface area contributed by atoms with Crippen molar-refractivity contribution >= 4 is 17.6 Å². The number of hydrogen-bond donors (Lipinski definition) is 2. The summed E-state index contributed by atoms with van der Waals surface area (Å²) in [6, 6.07) is 4.16. The zero-order valence-electron chi connectivity index (χ0n) is 8.15. The average molecular weight is 206 g/mol. The number of carbonyl (C=O) groups excluding carboxylic acids is 2.